The number of benzene rings is 2. The molecule has 2 aliphatic heterocycles. The Kier molecular flexibility index (Phi) is 9.11. The van der Waals surface area contributed by atoms with E-state index < -0.39 is 16.1 Å². The van der Waals surface area contributed by atoms with Crippen LogP contribution in [-0.2, 0) is 21.4 Å². The Morgan fingerprint density at radius 2 is 1.93 bits per heavy atom. The minimum atomic E-state index is -4.10. The van der Waals surface area contributed by atoms with Crippen molar-refractivity contribution in [2.24, 2.45) is 0 Å². The largest absolute Gasteiger partial charge is 0.487 e. The average molecular weight is 658 g/mol. The molecule has 4 heterocycles. The summed E-state index contributed by atoms with van der Waals surface area (Å²) in [6.07, 6.45) is 8.65. The zero-order valence-electron chi connectivity index (χ0n) is 24.4. The van der Waals surface area contributed by atoms with Crippen molar-refractivity contribution in [3.63, 3.8) is 0 Å². The number of fused-ring (bicyclic) bond motifs is 1. The highest BCUT2D eigenvalue weighted by Gasteiger charge is 2.40. The van der Waals surface area contributed by atoms with Crippen LogP contribution in [0.4, 0.5) is 0 Å². The Morgan fingerprint density at radius 3 is 2.70 bits per heavy atom. The second-order valence-electron chi connectivity index (χ2n) is 11.1. The number of nitrogens with zero attached hydrogens (tertiary/aromatic N) is 5. The van der Waals surface area contributed by atoms with E-state index in [0.29, 0.717) is 36.2 Å². The van der Waals surface area contributed by atoms with Gasteiger partial charge in [0, 0.05) is 53.7 Å². The van der Waals surface area contributed by atoms with E-state index in [1.165, 1.54) is 29.3 Å². The minimum absolute atomic E-state index is 0.0268. The van der Waals surface area contributed by atoms with E-state index in [1.54, 1.807) is 18.6 Å². The summed E-state index contributed by atoms with van der Waals surface area (Å²) in [4.78, 5) is 24.1. The van der Waals surface area contributed by atoms with E-state index in [-0.39, 0.29) is 34.0 Å². The molecule has 232 valence electrons. The van der Waals surface area contributed by atoms with Crippen LogP contribution in [0.3, 0.4) is 0 Å². The predicted molar refractivity (Wildman–Crippen MR) is 170 cm³/mol. The molecule has 1 atom stereocenters. The van der Waals surface area contributed by atoms with Crippen molar-refractivity contribution in [3.8, 4) is 11.4 Å². The van der Waals surface area contributed by atoms with Gasteiger partial charge in [0.1, 0.15) is 28.8 Å². The van der Waals surface area contributed by atoms with Gasteiger partial charge in [-0.2, -0.15) is 4.31 Å². The number of carbonyl (C=O) groups excluding carboxylic acids is 1. The number of para-hydroxylation sites is 1. The van der Waals surface area contributed by atoms with E-state index >= 15 is 0 Å². The molecule has 0 aliphatic carbocycles. The predicted octanol–water partition coefficient (Wildman–Crippen LogP) is 4.98. The zero-order chi connectivity index (χ0) is 30.8. The van der Waals surface area contributed by atoms with Gasteiger partial charge in [-0.3, -0.25) is 4.79 Å². The van der Waals surface area contributed by atoms with Crippen LogP contribution in [0.2, 0.25) is 10.0 Å². The molecule has 0 unspecified atom stereocenters. The van der Waals surface area contributed by atoms with Crippen LogP contribution in [0.25, 0.3) is 16.6 Å². The van der Waals surface area contributed by atoms with E-state index in [0.717, 1.165) is 36.4 Å². The molecule has 1 amide bonds. The maximum Gasteiger partial charge on any atom is 0.245 e. The molecule has 2 fully saturated rings. The Balaban J connectivity index is 1.22. The molecular formula is C31H34Cl2N6O4S. The number of rotatable bonds is 10. The maximum atomic E-state index is 13.9. The lowest BCUT2D eigenvalue weighted by Crippen LogP contribution is -2.47. The van der Waals surface area contributed by atoms with Gasteiger partial charge < -0.3 is 19.5 Å². The number of likely N-dealkylation sites (tertiary alicyclic amines) is 1. The quantitative estimate of drug-likeness (QED) is 0.256. The number of halogens is 2. The number of hydrogen-bond donors (Lipinski definition) is 1. The molecule has 0 spiro atoms. The lowest BCUT2D eigenvalue weighted by atomic mass is 10.1. The average Bonchev–Trinajstić information content (AvgIpc) is 3.80. The van der Waals surface area contributed by atoms with Crippen molar-refractivity contribution in [2.75, 3.05) is 32.7 Å². The van der Waals surface area contributed by atoms with E-state index in [4.69, 9.17) is 32.9 Å². The van der Waals surface area contributed by atoms with Crippen molar-refractivity contribution in [2.45, 2.75) is 50.2 Å². The van der Waals surface area contributed by atoms with Gasteiger partial charge in [0.05, 0.1) is 17.0 Å². The van der Waals surface area contributed by atoms with Crippen molar-refractivity contribution in [3.05, 3.63) is 76.4 Å². The zero-order valence-corrected chi connectivity index (χ0v) is 26.7. The summed E-state index contributed by atoms with van der Waals surface area (Å²) in [6, 6.07) is 9.68. The summed E-state index contributed by atoms with van der Waals surface area (Å²) in [7, 11) is -4.10. The number of aromatic nitrogens is 3. The van der Waals surface area contributed by atoms with E-state index in [2.05, 4.69) is 15.2 Å². The van der Waals surface area contributed by atoms with Gasteiger partial charge in [0.15, 0.2) is 0 Å². The highest BCUT2D eigenvalue weighted by atomic mass is 35.5. The molecule has 44 heavy (non-hydrogen) atoms. The van der Waals surface area contributed by atoms with Gasteiger partial charge in [0.25, 0.3) is 0 Å². The summed E-state index contributed by atoms with van der Waals surface area (Å²) in [5.74, 6) is 0.214. The van der Waals surface area contributed by atoms with Crippen LogP contribution < -0.4 is 10.1 Å². The first-order valence-corrected chi connectivity index (χ1v) is 16.9. The molecule has 10 nitrogen and oxygen atoms in total. The second kappa shape index (κ2) is 13.0. The lowest BCUT2D eigenvalue weighted by Gasteiger charge is -2.25. The third kappa shape index (κ3) is 6.16. The fourth-order valence-electron chi connectivity index (χ4n) is 6.00. The summed E-state index contributed by atoms with van der Waals surface area (Å²) >= 11 is 13.3. The number of imidazole rings is 1. The summed E-state index contributed by atoms with van der Waals surface area (Å²) in [5, 5.41) is 4.04. The number of sulfonamides is 1. The second-order valence-corrected chi connectivity index (χ2v) is 13.8. The Labute approximate surface area is 267 Å². The van der Waals surface area contributed by atoms with Crippen LogP contribution in [0, 0.1) is 6.92 Å². The molecule has 13 heteroatoms. The first kappa shape index (κ1) is 30.8. The normalized spacial score (nSPS) is 17.8. The van der Waals surface area contributed by atoms with E-state index in [9.17, 15) is 13.2 Å². The molecule has 0 radical (unpaired) electrons. The molecule has 0 saturated carbocycles. The van der Waals surface area contributed by atoms with Crippen LogP contribution in [0.5, 0.6) is 5.75 Å². The first-order chi connectivity index (χ1) is 21.2. The van der Waals surface area contributed by atoms with Crippen LogP contribution in [0.1, 0.15) is 36.9 Å². The molecule has 2 aliphatic rings. The molecule has 2 saturated heterocycles. The molecule has 4 aromatic rings. The molecule has 2 aromatic carbocycles. The molecule has 6 rings (SSSR count). The summed E-state index contributed by atoms with van der Waals surface area (Å²) in [5.41, 5.74) is 2.67. The van der Waals surface area contributed by atoms with Gasteiger partial charge in [-0.1, -0.05) is 35.3 Å². The van der Waals surface area contributed by atoms with Gasteiger partial charge in [-0.05, 0) is 70.0 Å². The highest BCUT2D eigenvalue weighted by Crippen LogP contribution is 2.37. The number of aryl methyl sites for hydroxylation is 1. The maximum absolute atomic E-state index is 13.9. The van der Waals surface area contributed by atoms with Crippen molar-refractivity contribution in [1.29, 1.82) is 0 Å². The molecule has 0 bridgehead atoms. The van der Waals surface area contributed by atoms with Gasteiger partial charge in [0.2, 0.25) is 15.9 Å². The summed E-state index contributed by atoms with van der Waals surface area (Å²) < 4.78 is 37.2. The number of carbonyl (C=O) groups is 1. The smallest absolute Gasteiger partial charge is 0.245 e. The molecule has 2 aromatic heterocycles. The van der Waals surface area contributed by atoms with Gasteiger partial charge in [-0.25, -0.2) is 18.4 Å². The Bertz CT molecular complexity index is 1780. The topological polar surface area (TPSA) is 110 Å². The monoisotopic (exact) mass is 656 g/mol. The highest BCUT2D eigenvalue weighted by molar-refractivity contribution is 7.89. The number of amides is 1. The van der Waals surface area contributed by atoms with Crippen LogP contribution in [0.15, 0.2) is 60.0 Å². The first-order valence-electron chi connectivity index (χ1n) is 14.7. The Hall–Kier alpha value is -3.22. The molecule has 1 N–H and O–H groups in total. The Morgan fingerprint density at radius 1 is 1.11 bits per heavy atom. The minimum Gasteiger partial charge on any atom is -0.487 e. The van der Waals surface area contributed by atoms with Crippen molar-refractivity contribution < 1.29 is 17.9 Å². The van der Waals surface area contributed by atoms with Crippen LogP contribution in [-0.4, -0.2) is 76.8 Å². The number of pyridine rings is 1. The van der Waals surface area contributed by atoms with E-state index in [1.807, 2.05) is 35.9 Å². The standard InChI is InChI=1S/C31H34Cl2N6O4S/c1-21-18-26(38-17-11-34-20-38)22-6-4-8-27(30(22)36-21)43-19-23-24(32)9-10-28(29(23)33)44(41,42)39-15-5-7-25(39)31(40)35-12-16-37-13-2-3-14-37/h4,6,8-11,17-18,20,25H,2-3,5,7,12-16,19H2,1H3,(H,35,40)/t25-/m0/s1. The fourth-order valence-corrected chi connectivity index (χ4v) is 8.52. The fraction of sp³-hybridized carbons (Fsp3) is 0.387. The number of ether oxygens (including phenoxy) is 1. The number of hydrogen-bond acceptors (Lipinski definition) is 7. The third-order valence-electron chi connectivity index (χ3n) is 8.23. The third-order valence-corrected chi connectivity index (χ3v) is 11.1. The van der Waals surface area contributed by atoms with Crippen molar-refractivity contribution >= 4 is 50.0 Å². The van der Waals surface area contributed by atoms with Crippen LogP contribution >= 0.6 is 23.2 Å². The SMILES string of the molecule is Cc1cc(-n2ccnc2)c2cccc(OCc3c(Cl)ccc(S(=O)(=O)N4CCC[C@H]4C(=O)NCCN4CCCC4)c3Cl)c2n1. The summed E-state index contributed by atoms with van der Waals surface area (Å²) in [6.45, 7) is 5.35. The van der Waals surface area contributed by atoms with Crippen molar-refractivity contribution in [1.82, 2.24) is 29.1 Å². The lowest BCUT2D eigenvalue weighted by molar-refractivity contribution is -0.124. The van der Waals surface area contributed by atoms with Gasteiger partial charge in [-0.15, -0.1) is 0 Å². The van der Waals surface area contributed by atoms with Gasteiger partial charge >= 0.3 is 0 Å². The molecular weight excluding hydrogens is 623 g/mol. The number of nitrogens with one attached hydrogen (secondary N) is 1.